The molecule has 2 atom stereocenters. The Morgan fingerprint density at radius 1 is 1.04 bits per heavy atom. The minimum atomic E-state index is -4.68. The van der Waals surface area contributed by atoms with Gasteiger partial charge in [0.1, 0.15) is 23.8 Å². The van der Waals surface area contributed by atoms with E-state index in [0.29, 0.717) is 59.7 Å². The van der Waals surface area contributed by atoms with E-state index < -0.39 is 37.0 Å². The van der Waals surface area contributed by atoms with Gasteiger partial charge in [0.15, 0.2) is 11.4 Å². The van der Waals surface area contributed by atoms with Crippen LogP contribution in [0.2, 0.25) is 5.02 Å². The summed E-state index contributed by atoms with van der Waals surface area (Å²) in [6.07, 6.45) is 12.6. The third-order valence-corrected chi connectivity index (χ3v) is 17.0. The molecule has 5 aliphatic rings. The number of carbonyl (C=O) groups excluding carboxylic acids is 1. The average Bonchev–Trinajstić information content (AvgIpc) is 3.94. The molecule has 2 aliphatic carbocycles. The molecule has 0 bridgehead atoms. The van der Waals surface area contributed by atoms with Crippen LogP contribution in [0.4, 0.5) is 17.1 Å². The van der Waals surface area contributed by atoms with E-state index in [0.717, 1.165) is 44.2 Å². The van der Waals surface area contributed by atoms with E-state index in [1.807, 2.05) is 0 Å². The normalized spacial score (nSPS) is 24.2. The maximum Gasteiger partial charge on any atom is 0.297 e. The van der Waals surface area contributed by atoms with Crippen molar-refractivity contribution in [1.82, 2.24) is 19.6 Å². The van der Waals surface area contributed by atoms with Crippen molar-refractivity contribution >= 4 is 55.6 Å². The number of piperidine rings is 1. The van der Waals surface area contributed by atoms with Crippen molar-refractivity contribution in [3.8, 4) is 17.2 Å². The highest BCUT2D eigenvalue weighted by Crippen LogP contribution is 2.54. The summed E-state index contributed by atoms with van der Waals surface area (Å²) in [5.74, 6) is -0.0262. The van der Waals surface area contributed by atoms with Gasteiger partial charge in [0, 0.05) is 60.6 Å². The van der Waals surface area contributed by atoms with E-state index in [2.05, 4.69) is 67.9 Å². The number of aromatic nitrogens is 2. The molecule has 2 aromatic heterocycles. The molecule has 354 valence electrons. The lowest BCUT2D eigenvalue weighted by Crippen LogP contribution is -2.54. The number of amides is 1. The van der Waals surface area contributed by atoms with Crippen LogP contribution >= 0.6 is 11.6 Å². The van der Waals surface area contributed by atoms with Gasteiger partial charge in [0.25, 0.3) is 21.6 Å². The number of carbonyl (C=O) groups is 1. The molecule has 2 saturated heterocycles. The second-order valence-electron chi connectivity index (χ2n) is 20.1. The summed E-state index contributed by atoms with van der Waals surface area (Å²) in [6.45, 7) is 9.29. The van der Waals surface area contributed by atoms with Crippen LogP contribution in [0.25, 0.3) is 11.0 Å². The Balaban J connectivity index is 0.863. The highest BCUT2D eigenvalue weighted by molar-refractivity contribution is 7.90. The summed E-state index contributed by atoms with van der Waals surface area (Å²) >= 11 is 6.42. The number of nitro groups is 1. The van der Waals surface area contributed by atoms with Gasteiger partial charge in [-0.3, -0.25) is 19.8 Å². The quantitative estimate of drug-likeness (QED) is 0.0725. The fourth-order valence-electron chi connectivity index (χ4n) is 11.5. The van der Waals surface area contributed by atoms with Gasteiger partial charge in [0.2, 0.25) is 0 Å². The number of ether oxygens (including phenoxy) is 2. The summed E-state index contributed by atoms with van der Waals surface area (Å²) in [5, 5.41) is 27.1. The summed E-state index contributed by atoms with van der Waals surface area (Å²) in [6, 6.07) is 18.7. The van der Waals surface area contributed by atoms with Crippen molar-refractivity contribution in [2.75, 3.05) is 36.5 Å². The highest BCUT2D eigenvalue weighted by atomic mass is 35.5. The first-order chi connectivity index (χ1) is 32.1. The average molecular weight is 953 g/mol. The Morgan fingerprint density at radius 3 is 2.55 bits per heavy atom. The zero-order valence-electron chi connectivity index (χ0n) is 38.1. The summed E-state index contributed by atoms with van der Waals surface area (Å²) in [7, 11) is -4.68. The predicted molar refractivity (Wildman–Crippen MR) is 257 cm³/mol. The lowest BCUT2D eigenvalue weighted by molar-refractivity contribution is -0.384. The van der Waals surface area contributed by atoms with Gasteiger partial charge < -0.3 is 29.8 Å². The molecule has 5 aromatic rings. The zero-order valence-corrected chi connectivity index (χ0v) is 39.7. The first kappa shape index (κ1) is 45.4. The number of hydrogen-bond acceptors (Lipinski definition) is 12. The van der Waals surface area contributed by atoms with Gasteiger partial charge in [-0.25, -0.2) is 18.1 Å². The molecule has 2 saturated carbocycles. The standard InChI is InChI=1S/C50H58ClN7O8S/c1-30(2)36-7-4-5-8-37(36)42-9-6-18-57(42)33-25-50(26-33)16-19-56(20-17-50)32-10-11-38(44(21-32)66-34-22-39-40(51)28-53-47(39)52-27-34)48(59)55-67(63,64)35-23-43(58(61)62)46-45(24-35)65-29-41(54-46)31-12-14-49(3,60)15-13-31/h4-5,7-8,10-11,21-24,27-28,30-31,33,41-42,54,60H,6,9,12-20,25-26,29H2,1-3H3,(H,52,53)(H,55,59)/t31-,41-,42+,49-/m1/s1. The number of aromatic amines is 1. The topological polar surface area (TPSA) is 192 Å². The van der Waals surface area contributed by atoms with Crippen LogP contribution in [0.5, 0.6) is 17.2 Å². The number of hydrogen-bond donors (Lipinski definition) is 4. The van der Waals surface area contributed by atoms with Crippen LogP contribution in [0.3, 0.4) is 0 Å². The van der Waals surface area contributed by atoms with Crippen LogP contribution in [0.15, 0.2) is 78.0 Å². The van der Waals surface area contributed by atoms with E-state index in [4.69, 9.17) is 21.1 Å². The smallest absolute Gasteiger partial charge is 0.297 e. The zero-order chi connectivity index (χ0) is 46.8. The Bertz CT molecular complexity index is 2830. The number of pyridine rings is 1. The van der Waals surface area contributed by atoms with Crippen LogP contribution < -0.4 is 24.4 Å². The van der Waals surface area contributed by atoms with Crippen LogP contribution in [-0.4, -0.2) is 83.1 Å². The fraction of sp³-hybridized carbons (Fsp3) is 0.480. The number of nitrogens with one attached hydrogen (secondary N) is 3. The van der Waals surface area contributed by atoms with Crippen LogP contribution in [-0.2, 0) is 10.0 Å². The first-order valence-electron chi connectivity index (χ1n) is 23.6. The number of nitro benzene ring substituents is 1. The molecular weight excluding hydrogens is 894 g/mol. The maximum atomic E-state index is 14.1. The lowest BCUT2D eigenvalue weighted by Gasteiger charge is -2.56. The minimum absolute atomic E-state index is 0.00542. The van der Waals surface area contributed by atoms with Crippen molar-refractivity contribution in [3.05, 3.63) is 105 Å². The molecule has 4 N–H and O–H groups in total. The van der Waals surface area contributed by atoms with Crippen molar-refractivity contribution in [2.24, 2.45) is 11.3 Å². The molecule has 0 unspecified atom stereocenters. The molecule has 0 radical (unpaired) electrons. The van der Waals surface area contributed by atoms with Gasteiger partial charge in [0.05, 0.1) is 38.2 Å². The number of benzene rings is 3. The van der Waals surface area contributed by atoms with E-state index in [-0.39, 0.29) is 52.5 Å². The van der Waals surface area contributed by atoms with Gasteiger partial charge >= 0.3 is 0 Å². The molecule has 3 aliphatic heterocycles. The highest BCUT2D eigenvalue weighted by Gasteiger charge is 2.50. The molecule has 1 spiro atoms. The van der Waals surface area contributed by atoms with Gasteiger partial charge in [-0.15, -0.1) is 0 Å². The molecular formula is C50H58ClN7O8S. The number of aliphatic hydroxyl groups is 1. The van der Waals surface area contributed by atoms with Crippen molar-refractivity contribution < 1.29 is 32.7 Å². The number of likely N-dealkylation sites (tertiary alicyclic amines) is 1. The van der Waals surface area contributed by atoms with Gasteiger partial charge in [-0.05, 0) is 124 Å². The number of halogens is 1. The van der Waals surface area contributed by atoms with E-state index in [1.54, 1.807) is 37.4 Å². The van der Waals surface area contributed by atoms with Crippen LogP contribution in [0.1, 0.15) is 118 Å². The molecule has 17 heteroatoms. The van der Waals surface area contributed by atoms with Gasteiger partial charge in [-0.1, -0.05) is 49.7 Å². The lowest BCUT2D eigenvalue weighted by atomic mass is 9.59. The summed E-state index contributed by atoms with van der Waals surface area (Å²) in [4.78, 5) is 37.9. The number of anilines is 2. The van der Waals surface area contributed by atoms with Crippen molar-refractivity contribution in [1.29, 1.82) is 0 Å². The Kier molecular flexibility index (Phi) is 11.9. The van der Waals surface area contributed by atoms with Gasteiger partial charge in [-0.2, -0.15) is 0 Å². The summed E-state index contributed by atoms with van der Waals surface area (Å²) < 4.78 is 42.5. The Labute approximate surface area is 395 Å². The number of H-pyrrole nitrogens is 1. The minimum Gasteiger partial charge on any atom is -0.489 e. The van der Waals surface area contributed by atoms with Crippen LogP contribution in [0, 0.1) is 21.4 Å². The monoisotopic (exact) mass is 951 g/mol. The number of sulfonamides is 1. The third kappa shape index (κ3) is 8.93. The molecule has 5 heterocycles. The van der Waals surface area contributed by atoms with E-state index >= 15 is 0 Å². The van der Waals surface area contributed by atoms with Crippen molar-refractivity contribution in [2.45, 2.75) is 120 Å². The molecule has 4 fully saturated rings. The number of rotatable bonds is 11. The van der Waals surface area contributed by atoms with E-state index in [1.165, 1.54) is 49.1 Å². The predicted octanol–water partition coefficient (Wildman–Crippen LogP) is 9.86. The second kappa shape index (κ2) is 17.6. The molecule has 3 aromatic carbocycles. The van der Waals surface area contributed by atoms with Crippen molar-refractivity contribution in [3.63, 3.8) is 0 Å². The molecule has 1 amide bonds. The fourth-order valence-corrected chi connectivity index (χ4v) is 12.7. The molecule has 15 nitrogen and oxygen atoms in total. The SMILES string of the molecule is CC(C)c1ccccc1[C@@H]1CCCN1C1CC2(CCN(c3ccc(C(=O)NS(=O)(=O)c4cc5c(c([N+](=O)[O-])c4)N[C@@H]([C@H]4CC[C@](C)(O)CC4)CO5)c(Oc4cnc5[nH]cc(Cl)c5c4)c3)CC2)C1. The van der Waals surface area contributed by atoms with E-state index in [9.17, 15) is 28.4 Å². The number of fused-ring (bicyclic) bond motifs is 2. The second-order valence-corrected chi connectivity index (χ2v) is 22.2. The largest absolute Gasteiger partial charge is 0.489 e. The molecule has 67 heavy (non-hydrogen) atoms. The number of nitrogens with zero attached hydrogens (tertiary/aromatic N) is 4. The Morgan fingerprint density at radius 2 is 1.81 bits per heavy atom. The molecule has 10 rings (SSSR count). The Hall–Kier alpha value is -5.42. The third-order valence-electron chi connectivity index (χ3n) is 15.4. The maximum absolute atomic E-state index is 14.1. The summed E-state index contributed by atoms with van der Waals surface area (Å²) in [5.41, 5.74) is 3.36. The first-order valence-corrected chi connectivity index (χ1v) is 25.5.